The fourth-order valence-electron chi connectivity index (χ4n) is 4.68. The zero-order valence-corrected chi connectivity index (χ0v) is 20.8. The first kappa shape index (κ1) is 25.2. The maximum atomic E-state index is 15.1. The summed E-state index contributed by atoms with van der Waals surface area (Å²) in [5.74, 6) is -2.21. The van der Waals surface area contributed by atoms with E-state index < -0.39 is 32.8 Å². The van der Waals surface area contributed by atoms with Crippen molar-refractivity contribution in [1.29, 1.82) is 0 Å². The third-order valence-corrected chi connectivity index (χ3v) is 9.07. The molecule has 0 radical (unpaired) electrons. The summed E-state index contributed by atoms with van der Waals surface area (Å²) in [6.45, 7) is 4.95. The van der Waals surface area contributed by atoms with E-state index in [0.717, 1.165) is 17.8 Å². The van der Waals surface area contributed by atoms with E-state index in [1.165, 1.54) is 4.31 Å². The molecule has 0 saturated carbocycles. The standard InChI is InChI=1S/C26H29F2N3O3S/c1-16(11-25(32)24-12-17(2)29-30-24)21-14-22(27)20(13-23(21)28)15-31-18(3)9-10-26(35(31,33)34)19-7-5-4-6-8-19/h4-8,12-14,16,18,26H,9-11,15H2,1-3H3,(H,29,30)/t16?,18-,26+/m1/s1. The molecule has 1 N–H and O–H groups in total. The minimum absolute atomic E-state index is 0.0307. The van der Waals surface area contributed by atoms with E-state index in [-0.39, 0.29) is 41.6 Å². The summed E-state index contributed by atoms with van der Waals surface area (Å²) in [6.07, 6.45) is 1.06. The SMILES string of the molecule is Cc1cc(C(=O)CC(C)c2cc(F)c(CN3[C@H](C)CC[C@@H](c4ccccc4)S3(=O)=O)cc2F)n[nH]1. The highest BCUT2D eigenvalue weighted by molar-refractivity contribution is 7.89. The molecule has 1 aliphatic heterocycles. The molecule has 1 fully saturated rings. The Morgan fingerprint density at radius 3 is 2.51 bits per heavy atom. The summed E-state index contributed by atoms with van der Waals surface area (Å²) in [7, 11) is -3.78. The predicted octanol–water partition coefficient (Wildman–Crippen LogP) is 5.43. The lowest BCUT2D eigenvalue weighted by atomic mass is 9.93. The number of hydrogen-bond donors (Lipinski definition) is 1. The monoisotopic (exact) mass is 501 g/mol. The Hall–Kier alpha value is -2.91. The number of nitrogens with one attached hydrogen (secondary N) is 1. The van der Waals surface area contributed by atoms with Gasteiger partial charge in [-0.1, -0.05) is 37.3 Å². The predicted molar refractivity (Wildman–Crippen MR) is 129 cm³/mol. The van der Waals surface area contributed by atoms with Gasteiger partial charge >= 0.3 is 0 Å². The van der Waals surface area contributed by atoms with E-state index in [9.17, 15) is 13.2 Å². The Morgan fingerprint density at radius 1 is 1.14 bits per heavy atom. The van der Waals surface area contributed by atoms with Gasteiger partial charge in [-0.3, -0.25) is 9.89 Å². The normalized spacial score (nSPS) is 21.1. The van der Waals surface area contributed by atoms with Crippen molar-refractivity contribution in [2.45, 2.75) is 63.8 Å². The summed E-state index contributed by atoms with van der Waals surface area (Å²) in [5, 5.41) is 5.90. The summed E-state index contributed by atoms with van der Waals surface area (Å²) >= 11 is 0. The molecule has 1 saturated heterocycles. The average molecular weight is 502 g/mol. The Kier molecular flexibility index (Phi) is 7.19. The van der Waals surface area contributed by atoms with E-state index in [4.69, 9.17) is 0 Å². The van der Waals surface area contributed by atoms with Gasteiger partial charge in [0.2, 0.25) is 10.0 Å². The van der Waals surface area contributed by atoms with E-state index in [0.29, 0.717) is 18.4 Å². The Morgan fingerprint density at radius 2 is 1.86 bits per heavy atom. The lowest BCUT2D eigenvalue weighted by molar-refractivity contribution is 0.0970. The molecule has 9 heteroatoms. The number of ketones is 1. The molecule has 1 aromatic heterocycles. The zero-order valence-electron chi connectivity index (χ0n) is 20.0. The maximum Gasteiger partial charge on any atom is 0.221 e. The molecule has 0 bridgehead atoms. The second kappa shape index (κ2) is 9.99. The van der Waals surface area contributed by atoms with Crippen LogP contribution in [0.25, 0.3) is 0 Å². The van der Waals surface area contributed by atoms with Gasteiger partial charge in [0.25, 0.3) is 0 Å². The molecule has 3 atom stereocenters. The summed E-state index contributed by atoms with van der Waals surface area (Å²) in [5.41, 5.74) is 1.72. The van der Waals surface area contributed by atoms with Gasteiger partial charge in [-0.2, -0.15) is 9.40 Å². The zero-order chi connectivity index (χ0) is 25.3. The maximum absolute atomic E-state index is 15.1. The quantitative estimate of drug-likeness (QED) is 0.438. The van der Waals surface area contributed by atoms with Gasteiger partial charge in [-0.05, 0) is 61.9 Å². The van der Waals surface area contributed by atoms with Gasteiger partial charge < -0.3 is 0 Å². The number of benzene rings is 2. The number of carbonyl (C=O) groups is 1. The van der Waals surface area contributed by atoms with Crippen LogP contribution in [0.5, 0.6) is 0 Å². The molecule has 3 aromatic rings. The third kappa shape index (κ3) is 5.21. The fourth-order valence-corrected chi connectivity index (χ4v) is 6.86. The van der Waals surface area contributed by atoms with E-state index in [1.54, 1.807) is 51.1 Å². The van der Waals surface area contributed by atoms with Crippen molar-refractivity contribution in [3.05, 3.63) is 88.2 Å². The first-order valence-electron chi connectivity index (χ1n) is 11.7. The van der Waals surface area contributed by atoms with Gasteiger partial charge in [0.05, 0.1) is 0 Å². The van der Waals surface area contributed by atoms with Crippen LogP contribution in [0.3, 0.4) is 0 Å². The van der Waals surface area contributed by atoms with Crippen molar-refractivity contribution in [2.24, 2.45) is 0 Å². The van der Waals surface area contributed by atoms with Crippen molar-refractivity contribution in [1.82, 2.24) is 14.5 Å². The highest BCUT2D eigenvalue weighted by atomic mass is 32.2. The summed E-state index contributed by atoms with van der Waals surface area (Å²) in [4.78, 5) is 12.5. The van der Waals surface area contributed by atoms with Crippen molar-refractivity contribution < 1.29 is 22.0 Å². The first-order chi connectivity index (χ1) is 16.6. The molecular formula is C26H29F2N3O3S. The van der Waals surface area contributed by atoms with Crippen molar-refractivity contribution >= 4 is 15.8 Å². The molecule has 6 nitrogen and oxygen atoms in total. The molecule has 0 aliphatic carbocycles. The Bertz CT molecular complexity index is 1320. The lowest BCUT2D eigenvalue weighted by Gasteiger charge is -2.37. The molecule has 2 heterocycles. The van der Waals surface area contributed by atoms with Crippen LogP contribution in [0.15, 0.2) is 48.5 Å². The third-order valence-electron chi connectivity index (χ3n) is 6.70. The largest absolute Gasteiger partial charge is 0.292 e. The van der Waals surface area contributed by atoms with Gasteiger partial charge in [0.1, 0.15) is 22.6 Å². The fraction of sp³-hybridized carbons (Fsp3) is 0.385. The van der Waals surface area contributed by atoms with E-state index in [1.807, 2.05) is 6.07 Å². The summed E-state index contributed by atoms with van der Waals surface area (Å²) < 4.78 is 58.3. The number of nitrogens with zero attached hydrogens (tertiary/aromatic N) is 2. The van der Waals surface area contributed by atoms with Gasteiger partial charge in [0, 0.05) is 30.3 Å². The van der Waals surface area contributed by atoms with Crippen LogP contribution in [0.4, 0.5) is 8.78 Å². The minimum Gasteiger partial charge on any atom is -0.292 e. The molecule has 1 aliphatic rings. The van der Waals surface area contributed by atoms with Gasteiger partial charge in [-0.25, -0.2) is 17.2 Å². The molecule has 4 rings (SSSR count). The number of sulfonamides is 1. The molecule has 0 spiro atoms. The van der Waals surface area contributed by atoms with Crippen LogP contribution in [-0.2, 0) is 16.6 Å². The van der Waals surface area contributed by atoms with Crippen LogP contribution in [-0.4, -0.2) is 34.7 Å². The van der Waals surface area contributed by atoms with Crippen molar-refractivity contribution in [3.63, 3.8) is 0 Å². The number of aryl methyl sites for hydroxylation is 1. The first-order valence-corrected chi connectivity index (χ1v) is 13.2. The number of rotatable bonds is 7. The highest BCUT2D eigenvalue weighted by Crippen LogP contribution is 2.38. The lowest BCUT2D eigenvalue weighted by Crippen LogP contribution is -2.44. The second-order valence-corrected chi connectivity index (χ2v) is 11.4. The smallest absolute Gasteiger partial charge is 0.221 e. The molecule has 35 heavy (non-hydrogen) atoms. The Labute approximate surface area is 204 Å². The van der Waals surface area contributed by atoms with E-state index in [2.05, 4.69) is 10.2 Å². The number of carbonyl (C=O) groups excluding carboxylic acids is 1. The number of halogens is 2. The summed E-state index contributed by atoms with van der Waals surface area (Å²) in [6, 6.07) is 12.4. The number of aromatic amines is 1. The molecule has 1 unspecified atom stereocenters. The second-order valence-electron chi connectivity index (χ2n) is 9.35. The average Bonchev–Trinajstić information content (AvgIpc) is 3.25. The number of H-pyrrole nitrogens is 1. The van der Waals surface area contributed by atoms with Crippen LogP contribution in [0.2, 0.25) is 0 Å². The van der Waals surface area contributed by atoms with Crippen molar-refractivity contribution in [2.75, 3.05) is 0 Å². The number of hydrogen-bond acceptors (Lipinski definition) is 4. The topological polar surface area (TPSA) is 83.1 Å². The van der Waals surface area contributed by atoms with E-state index >= 15 is 8.78 Å². The van der Waals surface area contributed by atoms with Gasteiger partial charge in [-0.15, -0.1) is 0 Å². The number of aromatic nitrogens is 2. The van der Waals surface area contributed by atoms with Crippen LogP contribution in [0, 0.1) is 18.6 Å². The van der Waals surface area contributed by atoms with Crippen LogP contribution in [0.1, 0.15) is 77.2 Å². The molecule has 2 aromatic carbocycles. The molecular weight excluding hydrogens is 472 g/mol. The van der Waals surface area contributed by atoms with Gasteiger partial charge in [0.15, 0.2) is 5.78 Å². The molecule has 186 valence electrons. The van der Waals surface area contributed by atoms with Crippen molar-refractivity contribution in [3.8, 4) is 0 Å². The molecule has 0 amide bonds. The number of Topliss-reactive ketones (excluding diaryl/α,β-unsaturated/α-hetero) is 1. The highest BCUT2D eigenvalue weighted by Gasteiger charge is 2.40. The minimum atomic E-state index is -3.78. The van der Waals surface area contributed by atoms with Crippen LogP contribution < -0.4 is 0 Å². The Balaban J connectivity index is 1.55. The van der Waals surface area contributed by atoms with Crippen LogP contribution >= 0.6 is 0 Å².